The Balaban J connectivity index is 2.31. The maximum atomic E-state index is 11.9. The first-order chi connectivity index (χ1) is 7.78. The van der Waals surface area contributed by atoms with Gasteiger partial charge in [-0.05, 0) is 26.7 Å². The summed E-state index contributed by atoms with van der Waals surface area (Å²) in [5.41, 5.74) is 0. The normalized spacial score (nSPS) is 29.8. The van der Waals surface area contributed by atoms with Crippen molar-refractivity contribution in [3.05, 3.63) is 0 Å². The zero-order chi connectivity index (χ0) is 13.1. The summed E-state index contributed by atoms with van der Waals surface area (Å²) in [4.78, 5) is 11.2. The molecule has 1 rings (SSSR count). The third-order valence-corrected chi connectivity index (χ3v) is 2.83. The largest absolute Gasteiger partial charge is 0.405 e. The van der Waals surface area contributed by atoms with E-state index in [-0.39, 0.29) is 12.1 Å². The van der Waals surface area contributed by atoms with E-state index in [2.05, 4.69) is 10.6 Å². The van der Waals surface area contributed by atoms with Gasteiger partial charge in [0.2, 0.25) is 0 Å². The van der Waals surface area contributed by atoms with Gasteiger partial charge < -0.3 is 16.0 Å². The molecule has 7 heteroatoms. The van der Waals surface area contributed by atoms with Crippen LogP contribution < -0.4 is 16.0 Å². The molecule has 17 heavy (non-hydrogen) atoms. The second kappa shape index (κ2) is 5.57. The number of hydrogen-bond acceptors (Lipinski definition) is 2. The van der Waals surface area contributed by atoms with E-state index >= 15 is 0 Å². The summed E-state index contributed by atoms with van der Waals surface area (Å²) in [5.74, 6) is 0. The molecule has 0 saturated carbocycles. The molecule has 0 aromatic carbocycles. The van der Waals surface area contributed by atoms with Crippen molar-refractivity contribution in [1.29, 1.82) is 0 Å². The summed E-state index contributed by atoms with van der Waals surface area (Å²) >= 11 is 0. The van der Waals surface area contributed by atoms with E-state index in [1.807, 2.05) is 13.8 Å². The van der Waals surface area contributed by atoms with Crippen molar-refractivity contribution in [2.24, 2.45) is 0 Å². The fraction of sp³-hybridized carbons (Fsp3) is 0.900. The van der Waals surface area contributed by atoms with Gasteiger partial charge in [0.05, 0.1) is 0 Å². The number of urea groups is 1. The van der Waals surface area contributed by atoms with Crippen molar-refractivity contribution in [1.82, 2.24) is 16.0 Å². The van der Waals surface area contributed by atoms with Crippen LogP contribution in [0.5, 0.6) is 0 Å². The fourth-order valence-corrected chi connectivity index (χ4v) is 1.92. The SMILES string of the molecule is CC1CCC(NC(=O)NCC(F)(F)F)C(C)N1. The second-order valence-corrected chi connectivity index (χ2v) is 4.48. The standard InChI is InChI=1S/C10H18F3N3O/c1-6-3-4-8(7(2)15-6)16-9(17)14-5-10(11,12)13/h6-8,15H,3-5H2,1-2H3,(H2,14,16,17). The van der Waals surface area contributed by atoms with Crippen molar-refractivity contribution in [3.63, 3.8) is 0 Å². The minimum atomic E-state index is -4.37. The lowest BCUT2D eigenvalue weighted by molar-refractivity contribution is -0.122. The van der Waals surface area contributed by atoms with Gasteiger partial charge in [-0.2, -0.15) is 13.2 Å². The molecule has 0 aromatic rings. The molecule has 1 aliphatic heterocycles. The second-order valence-electron chi connectivity index (χ2n) is 4.48. The average Bonchev–Trinajstić information content (AvgIpc) is 2.18. The van der Waals surface area contributed by atoms with E-state index in [4.69, 9.17) is 0 Å². The zero-order valence-corrected chi connectivity index (χ0v) is 9.90. The van der Waals surface area contributed by atoms with Crippen LogP contribution >= 0.6 is 0 Å². The number of carbonyl (C=O) groups excluding carboxylic acids is 1. The van der Waals surface area contributed by atoms with E-state index in [1.54, 1.807) is 5.32 Å². The molecular weight excluding hydrogens is 235 g/mol. The van der Waals surface area contributed by atoms with Gasteiger partial charge in [-0.15, -0.1) is 0 Å². The number of nitrogens with one attached hydrogen (secondary N) is 3. The summed E-state index contributed by atoms with van der Waals surface area (Å²) < 4.78 is 35.6. The Kier molecular flexibility index (Phi) is 4.62. The lowest BCUT2D eigenvalue weighted by Gasteiger charge is -2.34. The van der Waals surface area contributed by atoms with E-state index in [0.29, 0.717) is 6.04 Å². The predicted molar refractivity (Wildman–Crippen MR) is 57.7 cm³/mol. The van der Waals surface area contributed by atoms with Crippen LogP contribution in [0.4, 0.5) is 18.0 Å². The molecule has 1 saturated heterocycles. The van der Waals surface area contributed by atoms with Crippen LogP contribution in [0.2, 0.25) is 0 Å². The van der Waals surface area contributed by atoms with Gasteiger partial charge in [-0.1, -0.05) is 0 Å². The molecule has 3 atom stereocenters. The maximum Gasteiger partial charge on any atom is 0.405 e. The zero-order valence-electron chi connectivity index (χ0n) is 9.90. The Morgan fingerprint density at radius 3 is 2.53 bits per heavy atom. The molecule has 2 amide bonds. The number of alkyl halides is 3. The van der Waals surface area contributed by atoms with Gasteiger partial charge in [-0.3, -0.25) is 0 Å². The Bertz CT molecular complexity index is 270. The third-order valence-electron chi connectivity index (χ3n) is 2.83. The molecule has 3 N–H and O–H groups in total. The lowest BCUT2D eigenvalue weighted by Crippen LogP contribution is -2.57. The highest BCUT2D eigenvalue weighted by atomic mass is 19.4. The van der Waals surface area contributed by atoms with Gasteiger partial charge in [0.1, 0.15) is 6.54 Å². The van der Waals surface area contributed by atoms with Gasteiger partial charge in [0.25, 0.3) is 0 Å². The molecule has 1 aliphatic rings. The highest BCUT2D eigenvalue weighted by molar-refractivity contribution is 5.74. The molecule has 1 fully saturated rings. The summed E-state index contributed by atoms with van der Waals surface area (Å²) in [5, 5.41) is 7.59. The van der Waals surface area contributed by atoms with Crippen LogP contribution in [0.25, 0.3) is 0 Å². The molecule has 100 valence electrons. The number of amides is 2. The first-order valence-electron chi connectivity index (χ1n) is 5.65. The molecule has 0 bridgehead atoms. The van der Waals surface area contributed by atoms with Crippen molar-refractivity contribution in [2.75, 3.05) is 6.54 Å². The van der Waals surface area contributed by atoms with E-state index < -0.39 is 18.8 Å². The van der Waals surface area contributed by atoms with Gasteiger partial charge in [0.15, 0.2) is 0 Å². The number of rotatable bonds is 2. The minimum absolute atomic E-state index is 0.0652. The average molecular weight is 253 g/mol. The summed E-state index contributed by atoms with van der Waals surface area (Å²) in [6.07, 6.45) is -2.70. The molecular formula is C10H18F3N3O. The summed E-state index contributed by atoms with van der Waals surface area (Å²) in [7, 11) is 0. The number of halogens is 3. The van der Waals surface area contributed by atoms with Crippen molar-refractivity contribution in [2.45, 2.75) is 51.0 Å². The van der Waals surface area contributed by atoms with E-state index in [0.717, 1.165) is 12.8 Å². The van der Waals surface area contributed by atoms with Crippen LogP contribution in [-0.4, -0.2) is 36.9 Å². The quantitative estimate of drug-likeness (QED) is 0.696. The third kappa shape index (κ3) is 5.25. The molecule has 0 spiro atoms. The van der Waals surface area contributed by atoms with Crippen molar-refractivity contribution < 1.29 is 18.0 Å². The molecule has 0 aromatic heterocycles. The summed E-state index contributed by atoms with van der Waals surface area (Å²) in [6.45, 7) is 2.64. The highest BCUT2D eigenvalue weighted by Gasteiger charge is 2.29. The Labute approximate surface area is 98.3 Å². The molecule has 3 unspecified atom stereocenters. The first-order valence-corrected chi connectivity index (χ1v) is 5.65. The van der Waals surface area contributed by atoms with Gasteiger partial charge >= 0.3 is 12.2 Å². The molecule has 0 radical (unpaired) electrons. The minimum Gasteiger partial charge on any atom is -0.334 e. The molecule has 0 aliphatic carbocycles. The number of piperidine rings is 1. The topological polar surface area (TPSA) is 53.2 Å². The van der Waals surface area contributed by atoms with Crippen molar-refractivity contribution >= 4 is 6.03 Å². The van der Waals surface area contributed by atoms with Gasteiger partial charge in [0, 0.05) is 18.1 Å². The smallest absolute Gasteiger partial charge is 0.334 e. The Hall–Kier alpha value is -0.980. The van der Waals surface area contributed by atoms with Gasteiger partial charge in [-0.25, -0.2) is 4.79 Å². The van der Waals surface area contributed by atoms with E-state index in [1.165, 1.54) is 0 Å². The lowest BCUT2D eigenvalue weighted by atomic mass is 9.95. The van der Waals surface area contributed by atoms with Crippen LogP contribution in [0.3, 0.4) is 0 Å². The molecule has 4 nitrogen and oxygen atoms in total. The van der Waals surface area contributed by atoms with E-state index in [9.17, 15) is 18.0 Å². The van der Waals surface area contributed by atoms with Crippen LogP contribution in [0, 0.1) is 0 Å². The fourth-order valence-electron chi connectivity index (χ4n) is 1.92. The number of hydrogen-bond donors (Lipinski definition) is 3. The number of carbonyl (C=O) groups is 1. The maximum absolute atomic E-state index is 11.9. The summed E-state index contributed by atoms with van der Waals surface area (Å²) in [6, 6.07) is -0.452. The Morgan fingerprint density at radius 1 is 1.35 bits per heavy atom. The van der Waals surface area contributed by atoms with Crippen LogP contribution in [0.15, 0.2) is 0 Å². The monoisotopic (exact) mass is 253 g/mol. The highest BCUT2D eigenvalue weighted by Crippen LogP contribution is 2.14. The Morgan fingerprint density at radius 2 is 2.00 bits per heavy atom. The first kappa shape index (κ1) is 14.1. The van der Waals surface area contributed by atoms with Crippen LogP contribution in [0.1, 0.15) is 26.7 Å². The van der Waals surface area contributed by atoms with Crippen molar-refractivity contribution in [3.8, 4) is 0 Å². The van der Waals surface area contributed by atoms with Crippen LogP contribution in [-0.2, 0) is 0 Å². The molecule has 1 heterocycles. The predicted octanol–water partition coefficient (Wildman–Crippen LogP) is 1.38.